The highest BCUT2D eigenvalue weighted by molar-refractivity contribution is 7.46. The van der Waals surface area contributed by atoms with E-state index in [0.29, 0.717) is 0 Å². The molecule has 1 unspecified atom stereocenters. The Labute approximate surface area is 82.0 Å². The number of allylic oxidation sites excluding steroid dienone is 1. The van der Waals surface area contributed by atoms with Gasteiger partial charge in [-0.05, 0) is 24.5 Å². The van der Waals surface area contributed by atoms with E-state index >= 15 is 0 Å². The predicted octanol–water partition coefficient (Wildman–Crippen LogP) is 2.96. The maximum absolute atomic E-state index is 3.94. The van der Waals surface area contributed by atoms with Crippen LogP contribution in [-0.4, -0.2) is 6.66 Å². The summed E-state index contributed by atoms with van der Waals surface area (Å²) in [6.45, 7) is 8.23. The number of benzene rings is 1. The Morgan fingerprint density at radius 2 is 2.15 bits per heavy atom. The van der Waals surface area contributed by atoms with Crippen LogP contribution in [0.1, 0.15) is 13.3 Å². The Morgan fingerprint density at radius 1 is 1.46 bits per heavy atom. The van der Waals surface area contributed by atoms with Gasteiger partial charge >= 0.3 is 0 Å². The number of nitrogens with one attached hydrogen (secondary N) is 1. The molecule has 0 amide bonds. The highest BCUT2D eigenvalue weighted by atomic mass is 31.1. The molecule has 1 N–H and O–H groups in total. The first-order chi connectivity index (χ1) is 6.27. The van der Waals surface area contributed by atoms with Gasteiger partial charge in [0, 0.05) is 11.4 Å². The minimum absolute atomic E-state index is 0.826. The average Bonchev–Trinajstić information content (AvgIpc) is 2.18. The molecule has 0 saturated carbocycles. The molecule has 0 radical (unpaired) electrons. The molecular weight excluding hydrogens is 177 g/mol. The lowest BCUT2D eigenvalue weighted by Crippen LogP contribution is -2.06. The Bertz CT molecular complexity index is 294. The predicted molar refractivity (Wildman–Crippen MR) is 63.4 cm³/mol. The minimum Gasteiger partial charge on any atom is -0.359 e. The van der Waals surface area contributed by atoms with Gasteiger partial charge in [-0.3, -0.25) is 0 Å². The Balaban J connectivity index is 2.81. The van der Waals surface area contributed by atoms with Gasteiger partial charge in [0.05, 0.1) is 0 Å². The molecule has 70 valence electrons. The molecule has 0 heterocycles. The summed E-state index contributed by atoms with van der Waals surface area (Å²) in [4.78, 5) is 0. The van der Waals surface area contributed by atoms with Gasteiger partial charge in [0.2, 0.25) is 0 Å². The van der Waals surface area contributed by atoms with Crippen molar-refractivity contribution in [3.63, 3.8) is 0 Å². The third-order valence-corrected chi connectivity index (χ3v) is 2.91. The van der Waals surface area contributed by atoms with Gasteiger partial charge in [0.15, 0.2) is 0 Å². The van der Waals surface area contributed by atoms with Crippen molar-refractivity contribution >= 4 is 19.6 Å². The average molecular weight is 193 g/mol. The smallest absolute Gasteiger partial charge is 0.0456 e. The van der Waals surface area contributed by atoms with Gasteiger partial charge in [0.25, 0.3) is 0 Å². The van der Waals surface area contributed by atoms with Crippen molar-refractivity contribution in [2.24, 2.45) is 0 Å². The zero-order valence-corrected chi connectivity index (χ0v) is 9.22. The molecule has 0 spiro atoms. The van der Waals surface area contributed by atoms with E-state index < -0.39 is 0 Å². The molecule has 1 nitrogen and oxygen atoms in total. The van der Waals surface area contributed by atoms with Crippen molar-refractivity contribution in [3.8, 4) is 0 Å². The SMILES string of the molecule is C=C(CC)Nc1ccccc1PC. The van der Waals surface area contributed by atoms with Crippen LogP contribution >= 0.6 is 8.58 Å². The molecule has 0 saturated heterocycles. The van der Waals surface area contributed by atoms with E-state index in [4.69, 9.17) is 0 Å². The van der Waals surface area contributed by atoms with Crippen molar-refractivity contribution in [1.29, 1.82) is 0 Å². The minimum atomic E-state index is 0.826. The van der Waals surface area contributed by atoms with Crippen LogP contribution in [0.5, 0.6) is 0 Å². The summed E-state index contributed by atoms with van der Waals surface area (Å²) in [6, 6.07) is 8.39. The summed E-state index contributed by atoms with van der Waals surface area (Å²) in [7, 11) is 0.826. The van der Waals surface area contributed by atoms with Gasteiger partial charge < -0.3 is 5.32 Å². The Hall–Kier alpha value is -0.810. The van der Waals surface area contributed by atoms with Gasteiger partial charge in [-0.2, -0.15) is 0 Å². The summed E-state index contributed by atoms with van der Waals surface area (Å²) in [5.41, 5.74) is 2.28. The lowest BCUT2D eigenvalue weighted by molar-refractivity contribution is 1.12. The second-order valence-electron chi connectivity index (χ2n) is 2.88. The largest absolute Gasteiger partial charge is 0.359 e. The second kappa shape index (κ2) is 5.04. The lowest BCUT2D eigenvalue weighted by Gasteiger charge is -2.11. The third kappa shape index (κ3) is 2.86. The summed E-state index contributed by atoms with van der Waals surface area (Å²) < 4.78 is 0. The van der Waals surface area contributed by atoms with Crippen LogP contribution in [0.3, 0.4) is 0 Å². The molecule has 1 rings (SSSR count). The molecule has 1 aromatic rings. The molecular formula is C11H16NP. The highest BCUT2D eigenvalue weighted by Crippen LogP contribution is 2.15. The third-order valence-electron chi connectivity index (χ3n) is 1.93. The van der Waals surface area contributed by atoms with Crippen LogP contribution in [0.2, 0.25) is 0 Å². The quantitative estimate of drug-likeness (QED) is 0.725. The summed E-state index contributed by atoms with van der Waals surface area (Å²) in [5, 5.41) is 4.70. The number of hydrogen-bond donors (Lipinski definition) is 1. The van der Waals surface area contributed by atoms with Gasteiger partial charge in [-0.15, -0.1) is 0 Å². The molecule has 0 aliphatic heterocycles. The van der Waals surface area contributed by atoms with Crippen molar-refractivity contribution in [2.75, 3.05) is 12.0 Å². The molecule has 0 aliphatic carbocycles. The molecule has 1 aromatic carbocycles. The summed E-state index contributed by atoms with van der Waals surface area (Å²) in [5.74, 6) is 0. The molecule has 13 heavy (non-hydrogen) atoms. The molecule has 0 bridgehead atoms. The van der Waals surface area contributed by atoms with Gasteiger partial charge in [0.1, 0.15) is 0 Å². The van der Waals surface area contributed by atoms with Gasteiger partial charge in [-0.1, -0.05) is 40.3 Å². The van der Waals surface area contributed by atoms with Crippen LogP contribution in [-0.2, 0) is 0 Å². The van der Waals surface area contributed by atoms with Crippen LogP contribution < -0.4 is 10.6 Å². The molecule has 2 heteroatoms. The number of para-hydroxylation sites is 1. The standard InChI is InChI=1S/C11H16NP/c1-4-9(2)12-10-7-5-6-8-11(10)13-3/h5-8,12-13H,2,4H2,1,3H3. The fraction of sp³-hybridized carbons (Fsp3) is 0.273. The molecule has 1 atom stereocenters. The van der Waals surface area contributed by atoms with E-state index in [1.165, 1.54) is 11.0 Å². The fourth-order valence-electron chi connectivity index (χ4n) is 1.09. The van der Waals surface area contributed by atoms with E-state index in [9.17, 15) is 0 Å². The van der Waals surface area contributed by atoms with Crippen molar-refractivity contribution in [2.45, 2.75) is 13.3 Å². The van der Waals surface area contributed by atoms with E-state index in [0.717, 1.165) is 20.7 Å². The zero-order valence-electron chi connectivity index (χ0n) is 8.22. The van der Waals surface area contributed by atoms with Crippen molar-refractivity contribution in [1.82, 2.24) is 0 Å². The monoisotopic (exact) mass is 193 g/mol. The highest BCUT2D eigenvalue weighted by Gasteiger charge is 1.98. The molecule has 0 fully saturated rings. The number of anilines is 1. The first-order valence-corrected chi connectivity index (χ1v) is 5.99. The van der Waals surface area contributed by atoms with Crippen LogP contribution in [0, 0.1) is 0 Å². The normalized spacial score (nSPS) is 10.6. The first-order valence-electron chi connectivity index (χ1n) is 4.49. The number of hydrogen-bond acceptors (Lipinski definition) is 1. The maximum Gasteiger partial charge on any atom is 0.0456 e. The van der Waals surface area contributed by atoms with Crippen molar-refractivity contribution < 1.29 is 0 Å². The summed E-state index contributed by atoms with van der Waals surface area (Å²) in [6.07, 6.45) is 0.973. The van der Waals surface area contributed by atoms with Crippen LogP contribution in [0.4, 0.5) is 5.69 Å². The fourth-order valence-corrected chi connectivity index (χ4v) is 1.77. The van der Waals surface area contributed by atoms with E-state index in [2.05, 4.69) is 49.7 Å². The summed E-state index contributed by atoms with van der Waals surface area (Å²) >= 11 is 0. The zero-order chi connectivity index (χ0) is 9.68. The number of rotatable bonds is 4. The van der Waals surface area contributed by atoms with Gasteiger partial charge in [-0.25, -0.2) is 0 Å². The van der Waals surface area contributed by atoms with E-state index in [1.807, 2.05) is 0 Å². The van der Waals surface area contributed by atoms with E-state index in [1.54, 1.807) is 0 Å². The second-order valence-corrected chi connectivity index (χ2v) is 3.92. The maximum atomic E-state index is 3.94. The van der Waals surface area contributed by atoms with E-state index in [-0.39, 0.29) is 0 Å². The molecule has 0 aromatic heterocycles. The molecule has 0 aliphatic rings. The van der Waals surface area contributed by atoms with Crippen molar-refractivity contribution in [3.05, 3.63) is 36.5 Å². The van der Waals surface area contributed by atoms with Crippen LogP contribution in [0.25, 0.3) is 0 Å². The topological polar surface area (TPSA) is 12.0 Å². The van der Waals surface area contributed by atoms with Crippen LogP contribution in [0.15, 0.2) is 36.5 Å². The Morgan fingerprint density at radius 3 is 2.77 bits per heavy atom. The Kier molecular flexibility index (Phi) is 3.98. The first kappa shape index (κ1) is 10.3. The lowest BCUT2D eigenvalue weighted by atomic mass is 10.3.